The van der Waals surface area contributed by atoms with Gasteiger partial charge in [-0.05, 0) is 44.0 Å². The molecule has 118 valence electrons. The highest BCUT2D eigenvalue weighted by Gasteiger charge is 2.22. The van der Waals surface area contributed by atoms with Crippen molar-refractivity contribution in [1.29, 1.82) is 0 Å². The van der Waals surface area contributed by atoms with Crippen molar-refractivity contribution in [2.75, 3.05) is 31.2 Å². The normalized spacial score (nSPS) is 20.6. The molecule has 1 N–H and O–H groups in total. The molecule has 0 aromatic heterocycles. The largest absolute Gasteiger partial charge is 0.377 e. The van der Waals surface area contributed by atoms with Crippen LogP contribution < -0.4 is 10.2 Å². The molecular formula is C17H27ClN2O. The molecule has 1 aromatic carbocycles. The second kappa shape index (κ2) is 8.02. The van der Waals surface area contributed by atoms with Crippen molar-refractivity contribution in [3.05, 3.63) is 28.8 Å². The highest BCUT2D eigenvalue weighted by Crippen LogP contribution is 2.30. The number of hydrogen-bond acceptors (Lipinski definition) is 3. The number of hydrogen-bond donors (Lipinski definition) is 1. The topological polar surface area (TPSA) is 24.5 Å². The van der Waals surface area contributed by atoms with E-state index < -0.39 is 0 Å². The number of nitrogens with one attached hydrogen (secondary N) is 1. The molecule has 0 bridgehead atoms. The van der Waals surface area contributed by atoms with Gasteiger partial charge in [0.1, 0.15) is 0 Å². The smallest absolute Gasteiger partial charge is 0.0670 e. The highest BCUT2D eigenvalue weighted by atomic mass is 35.5. The van der Waals surface area contributed by atoms with Crippen LogP contribution in [-0.4, -0.2) is 32.3 Å². The molecule has 4 heteroatoms. The van der Waals surface area contributed by atoms with E-state index in [1.54, 1.807) is 0 Å². The van der Waals surface area contributed by atoms with Crippen LogP contribution in [-0.2, 0) is 4.74 Å². The fraction of sp³-hybridized carbons (Fsp3) is 0.647. The standard InChI is InChI=1S/C17H27ClN2O/c1-4-8-19-13(3)16-7-6-15(11-17(16)18)20-9-10-21-12-14(20)5-2/h6-7,11,13-14,19H,4-5,8-10,12H2,1-3H3. The van der Waals surface area contributed by atoms with Crippen LogP contribution in [0.25, 0.3) is 0 Å². The second-order valence-corrected chi connectivity index (χ2v) is 6.12. The Balaban J connectivity index is 2.14. The van der Waals surface area contributed by atoms with Crippen LogP contribution in [0.3, 0.4) is 0 Å². The van der Waals surface area contributed by atoms with Gasteiger partial charge < -0.3 is 15.0 Å². The van der Waals surface area contributed by atoms with Crippen LogP contribution in [0.5, 0.6) is 0 Å². The fourth-order valence-electron chi connectivity index (χ4n) is 2.85. The molecule has 1 heterocycles. The quantitative estimate of drug-likeness (QED) is 0.859. The zero-order chi connectivity index (χ0) is 15.2. The maximum absolute atomic E-state index is 6.52. The van der Waals surface area contributed by atoms with Crippen LogP contribution >= 0.6 is 11.6 Å². The summed E-state index contributed by atoms with van der Waals surface area (Å²) >= 11 is 6.52. The number of nitrogens with zero attached hydrogens (tertiary/aromatic N) is 1. The minimum Gasteiger partial charge on any atom is -0.377 e. The van der Waals surface area contributed by atoms with E-state index in [1.807, 2.05) is 0 Å². The average molecular weight is 311 g/mol. The lowest BCUT2D eigenvalue weighted by atomic mass is 10.1. The summed E-state index contributed by atoms with van der Waals surface area (Å²) in [4.78, 5) is 2.42. The third kappa shape index (κ3) is 4.12. The summed E-state index contributed by atoms with van der Waals surface area (Å²) in [6.07, 6.45) is 2.22. The Morgan fingerprint density at radius 1 is 1.43 bits per heavy atom. The first-order valence-electron chi connectivity index (χ1n) is 8.04. The van der Waals surface area contributed by atoms with Gasteiger partial charge in [0.15, 0.2) is 0 Å². The van der Waals surface area contributed by atoms with Gasteiger partial charge in [-0.2, -0.15) is 0 Å². The Morgan fingerprint density at radius 3 is 2.90 bits per heavy atom. The molecule has 0 spiro atoms. The van der Waals surface area contributed by atoms with E-state index in [0.717, 1.165) is 44.2 Å². The summed E-state index contributed by atoms with van der Waals surface area (Å²) < 4.78 is 5.58. The predicted octanol–water partition coefficient (Wildman–Crippen LogP) is 4.02. The number of rotatable bonds is 6. The summed E-state index contributed by atoms with van der Waals surface area (Å²) in [5.74, 6) is 0. The van der Waals surface area contributed by atoms with Gasteiger partial charge in [0, 0.05) is 23.3 Å². The Morgan fingerprint density at radius 2 is 2.24 bits per heavy atom. The van der Waals surface area contributed by atoms with Gasteiger partial charge in [-0.1, -0.05) is 31.5 Å². The molecule has 1 saturated heterocycles. The third-order valence-corrected chi connectivity index (χ3v) is 4.51. The van der Waals surface area contributed by atoms with Crippen LogP contribution in [0.15, 0.2) is 18.2 Å². The van der Waals surface area contributed by atoms with Gasteiger partial charge in [0.2, 0.25) is 0 Å². The van der Waals surface area contributed by atoms with Crippen LogP contribution in [0.2, 0.25) is 5.02 Å². The molecule has 0 aliphatic carbocycles. The molecular weight excluding hydrogens is 284 g/mol. The van der Waals surface area contributed by atoms with Crippen LogP contribution in [0.1, 0.15) is 45.2 Å². The summed E-state index contributed by atoms with van der Waals surface area (Å²) in [6.45, 7) is 10.1. The van der Waals surface area contributed by atoms with Crippen molar-refractivity contribution < 1.29 is 4.74 Å². The Bertz CT molecular complexity index is 452. The minimum absolute atomic E-state index is 0.290. The van der Waals surface area contributed by atoms with Crippen LogP contribution in [0, 0.1) is 0 Å². The van der Waals surface area contributed by atoms with Gasteiger partial charge in [-0.3, -0.25) is 0 Å². The van der Waals surface area contributed by atoms with Crippen molar-refractivity contribution in [2.24, 2.45) is 0 Å². The van der Waals surface area contributed by atoms with E-state index in [-0.39, 0.29) is 6.04 Å². The number of anilines is 1. The van der Waals surface area contributed by atoms with Gasteiger partial charge in [-0.15, -0.1) is 0 Å². The number of ether oxygens (including phenoxy) is 1. The van der Waals surface area contributed by atoms with Gasteiger partial charge >= 0.3 is 0 Å². The summed E-state index contributed by atoms with van der Waals surface area (Å²) in [5.41, 5.74) is 2.39. The Labute approximate surface area is 133 Å². The van der Waals surface area contributed by atoms with E-state index in [9.17, 15) is 0 Å². The van der Waals surface area contributed by atoms with Crippen molar-refractivity contribution in [3.63, 3.8) is 0 Å². The van der Waals surface area contributed by atoms with E-state index >= 15 is 0 Å². The van der Waals surface area contributed by atoms with E-state index in [4.69, 9.17) is 16.3 Å². The van der Waals surface area contributed by atoms with Gasteiger partial charge in [0.25, 0.3) is 0 Å². The second-order valence-electron chi connectivity index (χ2n) is 5.71. The minimum atomic E-state index is 0.290. The molecule has 1 aliphatic rings. The molecule has 2 rings (SSSR count). The number of morpholine rings is 1. The summed E-state index contributed by atoms with van der Waals surface area (Å²) in [7, 11) is 0. The maximum Gasteiger partial charge on any atom is 0.0670 e. The molecule has 0 amide bonds. The molecule has 0 radical (unpaired) electrons. The van der Waals surface area contributed by atoms with Gasteiger partial charge in [-0.25, -0.2) is 0 Å². The molecule has 0 saturated carbocycles. The lowest BCUT2D eigenvalue weighted by Gasteiger charge is -2.37. The molecule has 21 heavy (non-hydrogen) atoms. The van der Waals surface area contributed by atoms with E-state index in [0.29, 0.717) is 6.04 Å². The fourth-order valence-corrected chi connectivity index (χ4v) is 3.19. The monoisotopic (exact) mass is 310 g/mol. The SMILES string of the molecule is CCCNC(C)c1ccc(N2CCOCC2CC)cc1Cl. The molecule has 2 atom stereocenters. The molecule has 1 fully saturated rings. The predicted molar refractivity (Wildman–Crippen MR) is 90.4 cm³/mol. The molecule has 1 aromatic rings. The average Bonchev–Trinajstić information content (AvgIpc) is 2.52. The van der Waals surface area contributed by atoms with Crippen molar-refractivity contribution in [3.8, 4) is 0 Å². The lowest BCUT2D eigenvalue weighted by molar-refractivity contribution is 0.0930. The first-order valence-corrected chi connectivity index (χ1v) is 8.42. The zero-order valence-corrected chi connectivity index (χ0v) is 14.1. The molecule has 2 unspecified atom stereocenters. The number of halogens is 1. The summed E-state index contributed by atoms with van der Waals surface area (Å²) in [5, 5.41) is 4.34. The van der Waals surface area contributed by atoms with Crippen molar-refractivity contribution >= 4 is 17.3 Å². The van der Waals surface area contributed by atoms with Gasteiger partial charge in [0.05, 0.1) is 19.3 Å². The van der Waals surface area contributed by atoms with Crippen molar-refractivity contribution in [2.45, 2.75) is 45.7 Å². The van der Waals surface area contributed by atoms with E-state index in [2.05, 4.69) is 49.2 Å². The summed E-state index contributed by atoms with van der Waals surface area (Å²) in [6, 6.07) is 7.20. The van der Waals surface area contributed by atoms with Crippen molar-refractivity contribution in [1.82, 2.24) is 5.32 Å². The lowest BCUT2D eigenvalue weighted by Crippen LogP contribution is -2.45. The Kier molecular flexibility index (Phi) is 6.34. The zero-order valence-electron chi connectivity index (χ0n) is 13.4. The van der Waals surface area contributed by atoms with E-state index in [1.165, 1.54) is 11.3 Å². The van der Waals surface area contributed by atoms with Crippen LogP contribution in [0.4, 0.5) is 5.69 Å². The first-order chi connectivity index (χ1) is 10.2. The maximum atomic E-state index is 6.52. The molecule has 1 aliphatic heterocycles. The third-order valence-electron chi connectivity index (χ3n) is 4.18. The highest BCUT2D eigenvalue weighted by molar-refractivity contribution is 6.31. The molecule has 3 nitrogen and oxygen atoms in total. The number of benzene rings is 1. The Hall–Kier alpha value is -0.770. The first kappa shape index (κ1) is 16.6.